The predicted octanol–water partition coefficient (Wildman–Crippen LogP) is 16.2. The summed E-state index contributed by atoms with van der Waals surface area (Å²) in [4.78, 5) is 98.6. The van der Waals surface area contributed by atoms with E-state index in [0.717, 1.165) is 52.4 Å². The average Bonchev–Trinajstić information content (AvgIpc) is 1.66. The van der Waals surface area contributed by atoms with Crippen LogP contribution in [0, 0.1) is 77.9 Å². The third kappa shape index (κ3) is 46.6. The molecule has 7 atom stereocenters. The topological polar surface area (TPSA) is 358 Å². The molecule has 7 rings (SSSR count). The quantitative estimate of drug-likeness (QED) is 0.0428. The van der Waals surface area contributed by atoms with Crippen LogP contribution in [0.5, 0.6) is 0 Å². The molecule has 23 heteroatoms. The van der Waals surface area contributed by atoms with Crippen LogP contribution >= 0.6 is 0 Å². The molecule has 0 fully saturated rings. The van der Waals surface area contributed by atoms with E-state index in [4.69, 9.17) is 69.7 Å². The van der Waals surface area contributed by atoms with Crippen molar-refractivity contribution >= 4 is 47.8 Å². The number of fused-ring (bicyclic) bond motifs is 1. The van der Waals surface area contributed by atoms with E-state index in [2.05, 4.69) is 83.1 Å². The fourth-order valence-electron chi connectivity index (χ4n) is 8.86. The van der Waals surface area contributed by atoms with Crippen molar-refractivity contribution in [1.82, 2.24) is 0 Å². The Morgan fingerprint density at radius 1 is 0.472 bits per heavy atom. The number of esters is 8. The Labute approximate surface area is 647 Å². The van der Waals surface area contributed by atoms with Crippen LogP contribution in [0.2, 0.25) is 0 Å². The number of nitrogens with two attached hydrogens (primary N) is 4. The van der Waals surface area contributed by atoms with Gasteiger partial charge in [0.15, 0.2) is 0 Å². The maximum Gasteiger partial charge on any atom is 0.519 e. The van der Waals surface area contributed by atoms with Crippen molar-refractivity contribution in [2.45, 2.75) is 269 Å². The van der Waals surface area contributed by atoms with Crippen molar-refractivity contribution in [1.29, 1.82) is 0 Å². The Hall–Kier alpha value is -7.73. The number of ether oxygens (including phenoxy) is 8. The number of carbonyl (C=O) groups is 8. The van der Waals surface area contributed by atoms with Gasteiger partial charge in [0.1, 0.15) is 59.1 Å². The maximum absolute atomic E-state index is 11.5. The van der Waals surface area contributed by atoms with Crippen LogP contribution in [0.3, 0.4) is 0 Å². The normalized spacial score (nSPS) is 15.5. The maximum atomic E-state index is 11.5. The summed E-state index contributed by atoms with van der Waals surface area (Å²) >= 11 is 0. The van der Waals surface area contributed by atoms with E-state index < -0.39 is 30.0 Å². The third-order valence-electron chi connectivity index (χ3n) is 16.0. The lowest BCUT2D eigenvalue weighted by Gasteiger charge is -2.16. The first-order valence-corrected chi connectivity index (χ1v) is 38.1. The molecule has 1 aromatic heterocycles. The Morgan fingerprint density at radius 2 is 0.907 bits per heavy atom. The number of hydrogen-bond donors (Lipinski definition) is 4. The smallest absolute Gasteiger partial charge is 0.464 e. The molecular formula is C85H142N4O19. The second-order valence-electron chi connectivity index (χ2n) is 31.0. The molecule has 0 aliphatic carbocycles. The van der Waals surface area contributed by atoms with Gasteiger partial charge in [0.25, 0.3) is 0 Å². The van der Waals surface area contributed by atoms with E-state index in [9.17, 15) is 43.2 Å². The molecule has 0 amide bonds. The highest BCUT2D eigenvalue weighted by Crippen LogP contribution is 2.35. The van der Waals surface area contributed by atoms with Gasteiger partial charge in [-0.25, -0.2) is 9.59 Å². The van der Waals surface area contributed by atoms with Crippen LogP contribution < -0.4 is 28.8 Å². The van der Waals surface area contributed by atoms with Crippen LogP contribution in [-0.4, -0.2) is 98.3 Å². The zero-order valence-corrected chi connectivity index (χ0v) is 69.7. The zero-order chi connectivity index (χ0) is 82.5. The van der Waals surface area contributed by atoms with Gasteiger partial charge in [-0.2, -0.15) is 0 Å². The number of carbonyl (C=O) groups excluding carboxylic acids is 8. The van der Waals surface area contributed by atoms with Crippen molar-refractivity contribution in [3.63, 3.8) is 0 Å². The van der Waals surface area contributed by atoms with Crippen LogP contribution in [-0.2, 0) is 84.3 Å². The Kier molecular flexibility index (Phi) is 54.6. The molecule has 108 heavy (non-hydrogen) atoms. The molecule has 8 N–H and O–H groups in total. The van der Waals surface area contributed by atoms with Gasteiger partial charge in [-0.3, -0.25) is 33.6 Å². The van der Waals surface area contributed by atoms with Gasteiger partial charge in [0, 0.05) is 30.2 Å². The molecular weight excluding hydrogens is 1380 g/mol. The third-order valence-corrected chi connectivity index (χ3v) is 16.0. The zero-order valence-electron chi connectivity index (χ0n) is 69.7. The van der Waals surface area contributed by atoms with Crippen LogP contribution in [0.15, 0.2) is 103 Å². The number of aryl methyl sites for hydroxylation is 1. The van der Waals surface area contributed by atoms with Crippen molar-refractivity contribution < 1.29 is 85.1 Å². The molecule has 0 saturated heterocycles. The average molecular weight is 1520 g/mol. The Balaban J connectivity index is -0.00000115. The molecule has 5 heterocycles. The highest BCUT2D eigenvalue weighted by atomic mass is 16.6. The lowest BCUT2D eigenvalue weighted by molar-refractivity contribution is -0.148. The molecule has 0 saturated carbocycles. The summed E-state index contributed by atoms with van der Waals surface area (Å²) < 4.78 is 49.6. The van der Waals surface area contributed by atoms with E-state index in [1.54, 1.807) is 6.92 Å². The molecule has 4 aliphatic rings. The number of rotatable bonds is 26. The van der Waals surface area contributed by atoms with Gasteiger partial charge < -0.3 is 69.7 Å². The van der Waals surface area contributed by atoms with E-state index in [1.807, 2.05) is 157 Å². The summed E-state index contributed by atoms with van der Waals surface area (Å²) in [6.07, 6.45) is 8.52. The lowest BCUT2D eigenvalue weighted by atomic mass is 9.94. The van der Waals surface area contributed by atoms with Crippen molar-refractivity contribution in [2.24, 2.45) is 93.9 Å². The van der Waals surface area contributed by atoms with Crippen LogP contribution in [0.25, 0.3) is 0 Å². The molecule has 0 radical (unpaired) electrons. The van der Waals surface area contributed by atoms with E-state index in [1.165, 1.54) is 0 Å². The van der Waals surface area contributed by atoms with E-state index in [0.29, 0.717) is 142 Å². The van der Waals surface area contributed by atoms with Crippen molar-refractivity contribution in [2.75, 3.05) is 26.4 Å². The van der Waals surface area contributed by atoms with Crippen molar-refractivity contribution in [3.05, 3.63) is 128 Å². The van der Waals surface area contributed by atoms with E-state index in [-0.39, 0.29) is 67.2 Å². The molecule has 4 aliphatic heterocycles. The summed E-state index contributed by atoms with van der Waals surface area (Å²) in [6, 6.07) is 15.3. The number of cyclic esters (lactones) is 4. The molecule has 616 valence electrons. The van der Waals surface area contributed by atoms with Gasteiger partial charge in [0.05, 0.1) is 51.3 Å². The van der Waals surface area contributed by atoms with Gasteiger partial charge in [-0.1, -0.05) is 222 Å². The number of benzene rings is 2. The molecule has 0 bridgehead atoms. The van der Waals surface area contributed by atoms with Gasteiger partial charge >= 0.3 is 53.6 Å². The monoisotopic (exact) mass is 1520 g/mol. The minimum Gasteiger partial charge on any atom is -0.464 e. The first-order chi connectivity index (χ1) is 49.8. The summed E-state index contributed by atoms with van der Waals surface area (Å²) in [7, 11) is 0. The molecule has 0 spiro atoms. The summed E-state index contributed by atoms with van der Waals surface area (Å²) in [5.41, 5.74) is 26.1. The second kappa shape index (κ2) is 56.5. The fraction of sp³-hybridized carbons (Fsp3) is 0.659. The molecule has 23 nitrogen and oxygen atoms in total. The second-order valence-corrected chi connectivity index (χ2v) is 31.0. The van der Waals surface area contributed by atoms with E-state index >= 15 is 0 Å². The summed E-state index contributed by atoms with van der Waals surface area (Å²) in [5.74, 6) is 6.33. The SMILES string of the molecule is C.CC(C)C(C)C1=CCC(=O)O1.CC(C)C1OC(=O)c2ccccc21.CC(C)CC1=CCC(=O)O1.CC(C)COC(=O)[C@@H](N)C(C)C.CC(C)COC(=O)[C@@H](N)Cc1ccccc1.CC1=C(C(C)C(C)C)OC(=O)C1.CC[C@H](N)C(=O)OCC(C)C.CC[C@H](N)C(=O)OCC(C)C.Cc1oc(=O)oc1CC(C)C. The van der Waals surface area contributed by atoms with Gasteiger partial charge in [-0.15, -0.1) is 0 Å². The Bertz CT molecular complexity index is 3210. The number of allylic oxidation sites excluding steroid dienone is 3. The molecule has 3 aromatic rings. The number of hydrogen-bond acceptors (Lipinski definition) is 23. The lowest BCUT2D eigenvalue weighted by Crippen LogP contribution is -2.37. The standard InChI is InChI=1S/C13H19NO2.C11H12O2.C10H16O2.C9H19NO2.C9H14O2.2C8H17NO2.C8H12O3.C8H12O2.CH4/c1-10(2)9-16-13(15)12(14)8-11-6-4-3-5-7-11;1-7(2)10-8-5-3-4-6-9(8)11(12)13-10;1-6(2)8(4)10-7(3)5-9(11)12-10;1-6(2)5-12-9(11)8(10)7(3)4;1-6(2)7(3)8-4-5-9(10)11-8;2*1-4-7(9)8(10)11-5-6(2)3;1-5(2)4-7-6(3)10-8(9)11-7;1-6(2)5-7-3-4-8(9)10-7;/h3-7,10,12H,8-9,14H2,1-2H3;3-7,10H,1-2H3;6,8H,5H2,1-4H3;6-8H,5,10H2,1-4H3;4,6-7H,5H2,1-3H3;2*6-7H,4-5,9H2,1-3H3;5H,4H2,1-3H3;3,6H,4-5H2,1-2H3;1H4/t12-;;;8-;;2*7-;;;/m0..0.00.../s1. The largest absolute Gasteiger partial charge is 0.519 e. The minimum atomic E-state index is -0.599. The van der Waals surface area contributed by atoms with Crippen molar-refractivity contribution in [3.8, 4) is 0 Å². The summed E-state index contributed by atoms with van der Waals surface area (Å²) in [5, 5.41) is 0. The molecule has 2 aromatic carbocycles. The van der Waals surface area contributed by atoms with Crippen LogP contribution in [0.1, 0.15) is 258 Å². The fourth-order valence-corrected chi connectivity index (χ4v) is 8.86. The minimum absolute atomic E-state index is 0. The van der Waals surface area contributed by atoms with Gasteiger partial charge in [-0.05, 0) is 122 Å². The predicted molar refractivity (Wildman–Crippen MR) is 426 cm³/mol. The Morgan fingerprint density at radius 3 is 1.27 bits per heavy atom. The summed E-state index contributed by atoms with van der Waals surface area (Å²) in [6.45, 7) is 54.1. The van der Waals surface area contributed by atoms with Crippen LogP contribution in [0.4, 0.5) is 0 Å². The molecule has 3 unspecified atom stereocenters. The first-order valence-electron chi connectivity index (χ1n) is 38.1. The highest BCUT2D eigenvalue weighted by molar-refractivity contribution is 5.94. The highest BCUT2D eigenvalue weighted by Gasteiger charge is 2.33. The first kappa shape index (κ1) is 104. The van der Waals surface area contributed by atoms with Gasteiger partial charge in [0.2, 0.25) is 0 Å².